The maximum atomic E-state index is 6.39. The summed E-state index contributed by atoms with van der Waals surface area (Å²) in [5, 5.41) is 14.0. The van der Waals surface area contributed by atoms with Gasteiger partial charge in [0.25, 0.3) is 0 Å². The van der Waals surface area contributed by atoms with Crippen molar-refractivity contribution >= 4 is 23.5 Å². The van der Waals surface area contributed by atoms with Crippen molar-refractivity contribution in [2.45, 2.75) is 19.4 Å². The first-order chi connectivity index (χ1) is 20.1. The highest BCUT2D eigenvalue weighted by atomic mass is 35.5. The number of furan rings is 1. The van der Waals surface area contributed by atoms with Crippen LogP contribution in [0.2, 0.25) is 5.02 Å². The van der Waals surface area contributed by atoms with E-state index in [0.29, 0.717) is 39.6 Å². The Labute approximate surface area is 238 Å². The summed E-state index contributed by atoms with van der Waals surface area (Å²) in [6.45, 7) is 2.00. The average molecular weight is 568 g/mol. The smallest absolute Gasteiger partial charge is 0.230 e. The number of methoxy groups -OCH3 is 1. The highest BCUT2D eigenvalue weighted by Gasteiger charge is 2.39. The Bertz CT molecular complexity index is 1880. The zero-order valence-corrected chi connectivity index (χ0v) is 22.7. The minimum Gasteiger partial charge on any atom is -0.497 e. The molecule has 0 aliphatic carbocycles. The number of fused-ring (bicyclic) bond motifs is 4. The number of hydrogen-bond donors (Lipinski definition) is 0. The van der Waals surface area contributed by atoms with Gasteiger partial charge in [0.15, 0.2) is 18.1 Å². The Morgan fingerprint density at radius 3 is 2.63 bits per heavy atom. The van der Waals surface area contributed by atoms with Gasteiger partial charge in [0, 0.05) is 5.02 Å². The van der Waals surface area contributed by atoms with Gasteiger partial charge in [-0.15, -0.1) is 5.10 Å². The average Bonchev–Trinajstić information content (AvgIpc) is 3.74. The lowest BCUT2D eigenvalue weighted by molar-refractivity contribution is 0.126. The van der Waals surface area contributed by atoms with Crippen LogP contribution in [-0.2, 0) is 11.4 Å². The van der Waals surface area contributed by atoms with E-state index in [0.717, 1.165) is 28.3 Å². The number of aromatic nitrogens is 6. The fourth-order valence-electron chi connectivity index (χ4n) is 4.86. The molecule has 0 bridgehead atoms. The summed E-state index contributed by atoms with van der Waals surface area (Å²) in [5.41, 5.74) is 4.59. The molecule has 12 heteroatoms. The van der Waals surface area contributed by atoms with Crippen LogP contribution in [0.25, 0.3) is 11.3 Å². The fraction of sp³-hybridized carbons (Fsp3) is 0.138. The largest absolute Gasteiger partial charge is 0.497 e. The van der Waals surface area contributed by atoms with Gasteiger partial charge in [0.2, 0.25) is 11.8 Å². The summed E-state index contributed by atoms with van der Waals surface area (Å²) in [6, 6.07) is 18.6. The van der Waals surface area contributed by atoms with Crippen LogP contribution in [0.4, 0.5) is 0 Å². The lowest BCUT2D eigenvalue weighted by Crippen LogP contribution is -2.15. The molecule has 2 aromatic carbocycles. The number of ether oxygens (including phenoxy) is 2. The maximum Gasteiger partial charge on any atom is 0.230 e. The van der Waals surface area contributed by atoms with E-state index in [1.807, 2.05) is 67.6 Å². The number of nitrogens with zero attached hydrogens (tertiary/aromatic N) is 7. The number of rotatable bonds is 7. The molecule has 0 fully saturated rings. The summed E-state index contributed by atoms with van der Waals surface area (Å²) in [4.78, 5) is 14.8. The standard InChI is InChI=1S/C29H22ClN7O4/c1-17-24-25(22-4-3-13-39-22)26-27-33-23(15-40-32-14-18-5-11-21(38-2)12-6-18)35-36(27)16-31-28(26)41-29(24)37(34-17)20-9-7-19(30)8-10-20/h3-14,16,25H,15H2,1-2H3/b32-14+. The third-order valence-corrected chi connectivity index (χ3v) is 7.00. The van der Waals surface area contributed by atoms with Crippen LogP contribution < -0.4 is 9.47 Å². The van der Waals surface area contributed by atoms with Gasteiger partial charge in [-0.1, -0.05) is 16.8 Å². The molecule has 41 heavy (non-hydrogen) atoms. The molecule has 1 aliphatic heterocycles. The molecule has 204 valence electrons. The molecule has 0 saturated carbocycles. The van der Waals surface area contributed by atoms with E-state index >= 15 is 0 Å². The lowest BCUT2D eigenvalue weighted by Gasteiger charge is -2.24. The van der Waals surface area contributed by atoms with Crippen molar-refractivity contribution in [3.05, 3.63) is 112 Å². The predicted molar refractivity (Wildman–Crippen MR) is 149 cm³/mol. The van der Waals surface area contributed by atoms with Crippen LogP contribution in [0, 0.1) is 6.92 Å². The van der Waals surface area contributed by atoms with Crippen molar-refractivity contribution in [1.82, 2.24) is 29.4 Å². The first-order valence-electron chi connectivity index (χ1n) is 12.7. The number of hydrogen-bond acceptors (Lipinski definition) is 9. The van der Waals surface area contributed by atoms with Gasteiger partial charge in [-0.05, 0) is 73.2 Å². The monoisotopic (exact) mass is 567 g/mol. The summed E-state index contributed by atoms with van der Waals surface area (Å²) in [6.07, 6.45) is 4.81. The van der Waals surface area contributed by atoms with Crippen molar-refractivity contribution in [1.29, 1.82) is 0 Å². The molecule has 0 saturated heterocycles. The number of oxime groups is 1. The van der Waals surface area contributed by atoms with Gasteiger partial charge in [-0.25, -0.2) is 19.2 Å². The molecule has 0 spiro atoms. The molecule has 0 radical (unpaired) electrons. The van der Waals surface area contributed by atoms with Crippen molar-refractivity contribution in [3.8, 4) is 23.2 Å². The van der Waals surface area contributed by atoms with E-state index in [2.05, 4.69) is 15.2 Å². The second-order valence-electron chi connectivity index (χ2n) is 9.28. The van der Waals surface area contributed by atoms with E-state index < -0.39 is 0 Å². The van der Waals surface area contributed by atoms with E-state index in [1.165, 1.54) is 0 Å². The van der Waals surface area contributed by atoms with Crippen molar-refractivity contribution in [3.63, 3.8) is 0 Å². The molecule has 0 N–H and O–H groups in total. The van der Waals surface area contributed by atoms with Gasteiger partial charge in [-0.2, -0.15) is 5.10 Å². The van der Waals surface area contributed by atoms with Crippen LogP contribution in [0.1, 0.15) is 39.9 Å². The Balaban J connectivity index is 1.24. The molecule has 7 rings (SSSR count). The Morgan fingerprint density at radius 1 is 1.05 bits per heavy atom. The molecule has 5 heterocycles. The maximum absolute atomic E-state index is 6.39. The molecular weight excluding hydrogens is 546 g/mol. The topological polar surface area (TPSA) is 114 Å². The van der Waals surface area contributed by atoms with Crippen LogP contribution in [-0.4, -0.2) is 42.7 Å². The van der Waals surface area contributed by atoms with Crippen molar-refractivity contribution in [2.75, 3.05) is 7.11 Å². The van der Waals surface area contributed by atoms with E-state index in [4.69, 9.17) is 40.4 Å². The second kappa shape index (κ2) is 10.1. The van der Waals surface area contributed by atoms with Gasteiger partial charge in [0.05, 0.1) is 48.0 Å². The van der Waals surface area contributed by atoms with Crippen LogP contribution in [0.15, 0.2) is 82.8 Å². The number of halogens is 1. The molecular formula is C29H22ClN7O4. The van der Waals surface area contributed by atoms with E-state index in [9.17, 15) is 0 Å². The van der Waals surface area contributed by atoms with Gasteiger partial charge < -0.3 is 18.7 Å². The first kappa shape index (κ1) is 24.9. The molecule has 1 atom stereocenters. The summed E-state index contributed by atoms with van der Waals surface area (Å²) < 4.78 is 20.8. The SMILES string of the molecule is COc1ccc(/C=N/OCc2nc3c4c(ncn3n2)Oc2c(c(C)nn2-c2ccc(Cl)cc2)C4c2ccco2)cc1. The van der Waals surface area contributed by atoms with Crippen LogP contribution in [0.5, 0.6) is 17.5 Å². The fourth-order valence-corrected chi connectivity index (χ4v) is 4.99. The van der Waals surface area contributed by atoms with E-state index in [-0.39, 0.29) is 12.5 Å². The number of benzene rings is 2. The Kier molecular flexibility index (Phi) is 6.12. The highest BCUT2D eigenvalue weighted by molar-refractivity contribution is 6.30. The Morgan fingerprint density at radius 2 is 1.88 bits per heavy atom. The van der Waals surface area contributed by atoms with Crippen molar-refractivity contribution in [2.24, 2.45) is 5.16 Å². The van der Waals surface area contributed by atoms with E-state index in [1.54, 1.807) is 35.1 Å². The van der Waals surface area contributed by atoms with Crippen LogP contribution >= 0.6 is 11.6 Å². The zero-order chi connectivity index (χ0) is 27.9. The summed E-state index contributed by atoms with van der Waals surface area (Å²) >= 11 is 6.12. The molecule has 6 aromatic rings. The molecule has 0 amide bonds. The van der Waals surface area contributed by atoms with Gasteiger partial charge in [-0.3, -0.25) is 0 Å². The zero-order valence-electron chi connectivity index (χ0n) is 21.9. The van der Waals surface area contributed by atoms with Crippen LogP contribution in [0.3, 0.4) is 0 Å². The molecule has 1 unspecified atom stereocenters. The van der Waals surface area contributed by atoms with Gasteiger partial charge in [0.1, 0.15) is 17.8 Å². The molecule has 4 aromatic heterocycles. The number of aryl methyl sites for hydroxylation is 1. The quantitative estimate of drug-likeness (QED) is 0.178. The highest BCUT2D eigenvalue weighted by Crippen LogP contribution is 2.49. The Hall–Kier alpha value is -5.16. The summed E-state index contributed by atoms with van der Waals surface area (Å²) in [7, 11) is 1.62. The normalized spacial score (nSPS) is 14.2. The third-order valence-electron chi connectivity index (χ3n) is 6.75. The molecule has 1 aliphatic rings. The third kappa shape index (κ3) is 4.45. The minimum atomic E-state index is -0.382. The van der Waals surface area contributed by atoms with Crippen molar-refractivity contribution < 1.29 is 18.7 Å². The second-order valence-corrected chi connectivity index (χ2v) is 9.72. The summed E-state index contributed by atoms with van der Waals surface area (Å²) in [5.74, 6) is 2.46. The predicted octanol–water partition coefficient (Wildman–Crippen LogP) is 5.71. The lowest BCUT2D eigenvalue weighted by atomic mass is 9.88. The first-order valence-corrected chi connectivity index (χ1v) is 13.1. The van der Waals surface area contributed by atoms with Gasteiger partial charge >= 0.3 is 0 Å². The molecule has 11 nitrogen and oxygen atoms in total. The minimum absolute atomic E-state index is 0.0637.